The molecule has 0 unspecified atom stereocenters. The fourth-order valence-corrected chi connectivity index (χ4v) is 8.61. The Kier molecular flexibility index (Phi) is 8.36. The van der Waals surface area contributed by atoms with E-state index in [0.717, 1.165) is 38.9 Å². The Balaban J connectivity index is 0.989. The molecular weight excluding hydrogens is 687 g/mol. The fourth-order valence-electron chi connectivity index (χ4n) is 7.37. The first-order valence-electron chi connectivity index (χ1n) is 18.4. The topological polar surface area (TPSA) is 38.7 Å². The maximum Gasteiger partial charge on any atom is 0.164 e. The van der Waals surface area contributed by atoms with E-state index >= 15 is 0 Å². The smallest absolute Gasteiger partial charge is 0.164 e. The molecule has 258 valence electrons. The van der Waals surface area contributed by atoms with Crippen molar-refractivity contribution in [1.29, 1.82) is 0 Å². The second kappa shape index (κ2) is 14.1. The van der Waals surface area contributed by atoms with Gasteiger partial charge in [0.1, 0.15) is 0 Å². The first-order chi connectivity index (χ1) is 27.2. The highest BCUT2D eigenvalue weighted by atomic mass is 32.1. The zero-order valence-corrected chi connectivity index (χ0v) is 30.6. The lowest BCUT2D eigenvalue weighted by Gasteiger charge is -2.13. The lowest BCUT2D eigenvalue weighted by molar-refractivity contribution is 1.07. The van der Waals surface area contributed by atoms with Gasteiger partial charge in [0.2, 0.25) is 0 Å². The van der Waals surface area contributed by atoms with E-state index in [1.54, 1.807) is 0 Å². The van der Waals surface area contributed by atoms with Gasteiger partial charge in [0, 0.05) is 36.9 Å². The minimum atomic E-state index is 0.636. The van der Waals surface area contributed by atoms with Crippen molar-refractivity contribution < 1.29 is 0 Å². The molecule has 0 saturated heterocycles. The number of benzene rings is 8. The normalized spacial score (nSPS) is 11.3. The Labute approximate surface area is 323 Å². The van der Waals surface area contributed by atoms with Gasteiger partial charge < -0.3 is 0 Å². The van der Waals surface area contributed by atoms with E-state index in [2.05, 4.69) is 158 Å². The van der Waals surface area contributed by atoms with Crippen LogP contribution in [0.3, 0.4) is 0 Å². The van der Waals surface area contributed by atoms with Crippen LogP contribution in [-0.4, -0.2) is 15.0 Å². The van der Waals surface area contributed by atoms with E-state index in [9.17, 15) is 0 Å². The monoisotopic (exact) mass is 719 g/mol. The molecule has 4 heteroatoms. The third kappa shape index (κ3) is 6.29. The Bertz CT molecular complexity index is 2930. The predicted octanol–water partition coefficient (Wildman–Crippen LogP) is 13.9. The molecule has 0 bridgehead atoms. The Morgan fingerprint density at radius 3 is 1.29 bits per heavy atom. The van der Waals surface area contributed by atoms with Crippen LogP contribution in [0, 0.1) is 0 Å². The third-order valence-corrected chi connectivity index (χ3v) is 11.4. The summed E-state index contributed by atoms with van der Waals surface area (Å²) in [5.41, 5.74) is 12.2. The zero-order valence-electron chi connectivity index (χ0n) is 29.8. The summed E-state index contributed by atoms with van der Waals surface area (Å²) in [6, 6.07) is 70.4. The molecule has 3 nitrogen and oxygen atoms in total. The van der Waals surface area contributed by atoms with Gasteiger partial charge in [-0.25, -0.2) is 15.0 Å². The van der Waals surface area contributed by atoms with Crippen LogP contribution >= 0.6 is 11.3 Å². The molecule has 55 heavy (non-hydrogen) atoms. The van der Waals surface area contributed by atoms with Crippen LogP contribution in [0.5, 0.6) is 0 Å². The molecule has 0 amide bonds. The van der Waals surface area contributed by atoms with Crippen molar-refractivity contribution in [1.82, 2.24) is 15.0 Å². The predicted molar refractivity (Wildman–Crippen MR) is 231 cm³/mol. The quantitative estimate of drug-likeness (QED) is 0.165. The van der Waals surface area contributed by atoms with Crippen molar-refractivity contribution in [2.75, 3.05) is 0 Å². The van der Waals surface area contributed by atoms with Gasteiger partial charge in [-0.15, -0.1) is 11.3 Å². The first-order valence-corrected chi connectivity index (χ1v) is 19.3. The number of thiophene rings is 1. The molecule has 0 radical (unpaired) electrons. The van der Waals surface area contributed by atoms with Crippen LogP contribution in [0.2, 0.25) is 0 Å². The summed E-state index contributed by atoms with van der Waals surface area (Å²) in [5, 5.41) is 2.64. The highest BCUT2D eigenvalue weighted by molar-refractivity contribution is 7.26. The maximum absolute atomic E-state index is 5.12. The minimum Gasteiger partial charge on any atom is -0.208 e. The van der Waals surface area contributed by atoms with E-state index < -0.39 is 0 Å². The molecule has 0 aliphatic heterocycles. The summed E-state index contributed by atoms with van der Waals surface area (Å²) in [6.45, 7) is 0. The van der Waals surface area contributed by atoms with Gasteiger partial charge in [-0.1, -0.05) is 194 Å². The van der Waals surface area contributed by atoms with Crippen molar-refractivity contribution in [3.05, 3.63) is 200 Å². The average molecular weight is 720 g/mol. The minimum absolute atomic E-state index is 0.636. The second-order valence-electron chi connectivity index (χ2n) is 13.6. The van der Waals surface area contributed by atoms with Crippen LogP contribution in [0.15, 0.2) is 200 Å². The molecule has 0 aliphatic carbocycles. The van der Waals surface area contributed by atoms with Crippen LogP contribution < -0.4 is 0 Å². The van der Waals surface area contributed by atoms with E-state index in [1.807, 2.05) is 53.8 Å². The second-order valence-corrected chi connectivity index (χ2v) is 14.6. The van der Waals surface area contributed by atoms with Crippen molar-refractivity contribution in [3.63, 3.8) is 0 Å². The molecule has 0 aliphatic rings. The van der Waals surface area contributed by atoms with Gasteiger partial charge in [-0.2, -0.15) is 0 Å². The summed E-state index contributed by atoms with van der Waals surface area (Å²) in [5.74, 6) is 1.92. The summed E-state index contributed by atoms with van der Waals surface area (Å²) in [6.07, 6.45) is 0. The van der Waals surface area contributed by atoms with Crippen LogP contribution in [0.4, 0.5) is 0 Å². The summed E-state index contributed by atoms with van der Waals surface area (Å²) < 4.78 is 2.65. The number of rotatable bonds is 7. The standard InChI is InChI=1S/C51H33N3S/c1-3-12-34(13-4-1)35-22-28-38(29-23-35)42-16-7-8-18-46(42)51-53-49(40-14-5-2-6-15-40)52-50(54-51)41-32-26-37(27-33-41)36-24-30-39(31-25-36)43-19-11-20-45-44-17-9-10-21-47(44)55-48(43)45/h1-33H. The Morgan fingerprint density at radius 2 is 0.655 bits per heavy atom. The first kappa shape index (κ1) is 32.6. The Morgan fingerprint density at radius 1 is 0.255 bits per heavy atom. The van der Waals surface area contributed by atoms with Gasteiger partial charge in [-0.3, -0.25) is 0 Å². The molecule has 2 heterocycles. The van der Waals surface area contributed by atoms with Gasteiger partial charge >= 0.3 is 0 Å². The number of hydrogen-bond acceptors (Lipinski definition) is 4. The largest absolute Gasteiger partial charge is 0.208 e. The molecular formula is C51H33N3S. The van der Waals surface area contributed by atoms with Crippen LogP contribution in [-0.2, 0) is 0 Å². The number of hydrogen-bond donors (Lipinski definition) is 0. The zero-order chi connectivity index (χ0) is 36.6. The van der Waals surface area contributed by atoms with E-state index in [1.165, 1.54) is 42.4 Å². The molecule has 8 aromatic carbocycles. The fraction of sp³-hybridized carbons (Fsp3) is 0. The molecule has 0 fully saturated rings. The third-order valence-electron chi connectivity index (χ3n) is 10.2. The van der Waals surface area contributed by atoms with Crippen LogP contribution in [0.25, 0.3) is 98.8 Å². The highest BCUT2D eigenvalue weighted by Crippen LogP contribution is 2.40. The van der Waals surface area contributed by atoms with Crippen LogP contribution in [0.1, 0.15) is 0 Å². The molecule has 0 N–H and O–H groups in total. The summed E-state index contributed by atoms with van der Waals surface area (Å²) in [7, 11) is 0. The van der Waals surface area contributed by atoms with Gasteiger partial charge in [0.05, 0.1) is 0 Å². The van der Waals surface area contributed by atoms with Crippen molar-refractivity contribution >= 4 is 31.5 Å². The Hall–Kier alpha value is -7.01. The summed E-state index contributed by atoms with van der Waals surface area (Å²) in [4.78, 5) is 15.2. The van der Waals surface area contributed by atoms with E-state index in [-0.39, 0.29) is 0 Å². The molecule has 0 atom stereocenters. The number of aromatic nitrogens is 3. The lowest BCUT2D eigenvalue weighted by atomic mass is 9.96. The highest BCUT2D eigenvalue weighted by Gasteiger charge is 2.16. The van der Waals surface area contributed by atoms with Crippen molar-refractivity contribution in [2.24, 2.45) is 0 Å². The maximum atomic E-state index is 5.12. The van der Waals surface area contributed by atoms with Gasteiger partial charge in [0.25, 0.3) is 0 Å². The SMILES string of the molecule is c1ccc(-c2ccc(-c3ccccc3-c3nc(-c4ccccc4)nc(-c4ccc(-c5ccc(-c6cccc7c6sc6ccccc67)cc5)cc4)n3)cc2)cc1. The average Bonchev–Trinajstić information content (AvgIpc) is 3.66. The van der Waals surface area contributed by atoms with Gasteiger partial charge in [0.15, 0.2) is 17.5 Å². The molecule has 0 saturated carbocycles. The van der Waals surface area contributed by atoms with E-state index in [0.29, 0.717) is 17.5 Å². The number of nitrogens with zero attached hydrogens (tertiary/aromatic N) is 3. The molecule has 0 spiro atoms. The van der Waals surface area contributed by atoms with Gasteiger partial charge in [-0.05, 0) is 50.6 Å². The number of fused-ring (bicyclic) bond motifs is 3. The lowest BCUT2D eigenvalue weighted by Crippen LogP contribution is -2.01. The summed E-state index contributed by atoms with van der Waals surface area (Å²) >= 11 is 1.86. The molecule has 2 aromatic heterocycles. The molecule has 10 aromatic rings. The van der Waals surface area contributed by atoms with E-state index in [4.69, 9.17) is 15.0 Å². The van der Waals surface area contributed by atoms with Crippen molar-refractivity contribution in [3.8, 4) is 78.7 Å². The molecule has 10 rings (SSSR count). The van der Waals surface area contributed by atoms with Crippen molar-refractivity contribution in [2.45, 2.75) is 0 Å².